The Morgan fingerprint density at radius 1 is 0.362 bits per heavy atom. The minimum Gasteiger partial charge on any atom is -0.456 e. The molecule has 2 aromatic heterocycles. The van der Waals surface area contributed by atoms with Crippen LogP contribution in [0, 0.1) is 0 Å². The van der Waals surface area contributed by atoms with E-state index in [1.165, 1.54) is 27.8 Å². The fourth-order valence-corrected chi connectivity index (χ4v) is 8.96. The van der Waals surface area contributed by atoms with Crippen molar-refractivity contribution in [1.29, 1.82) is 0 Å². The van der Waals surface area contributed by atoms with E-state index >= 15 is 0 Å². The van der Waals surface area contributed by atoms with E-state index < -0.39 is 0 Å². The maximum atomic E-state index is 6.58. The summed E-state index contributed by atoms with van der Waals surface area (Å²) in [5, 5.41) is 2.21. The zero-order valence-electron chi connectivity index (χ0n) is 32.1. The lowest BCUT2D eigenvalue weighted by molar-refractivity contribution is 0.661. The highest BCUT2D eigenvalue weighted by Crippen LogP contribution is 2.52. The quantitative estimate of drug-likeness (QED) is 0.170. The van der Waals surface area contributed by atoms with E-state index in [-0.39, 0.29) is 5.41 Å². The molecule has 2 heterocycles. The number of furan rings is 1. The molecule has 8 aromatic carbocycles. The van der Waals surface area contributed by atoms with Gasteiger partial charge in [-0.2, -0.15) is 0 Å². The second kappa shape index (κ2) is 13.4. The van der Waals surface area contributed by atoms with E-state index in [9.17, 15) is 0 Å². The number of fused-ring (bicyclic) bond motifs is 6. The Bertz CT molecular complexity index is 3180. The van der Waals surface area contributed by atoms with Crippen LogP contribution in [0.5, 0.6) is 0 Å². The summed E-state index contributed by atoms with van der Waals surface area (Å²) in [5.41, 5.74) is 16.0. The van der Waals surface area contributed by atoms with E-state index in [1.54, 1.807) is 0 Å². The highest BCUT2D eigenvalue weighted by atomic mass is 16.3. The Balaban J connectivity index is 1.11. The molecule has 4 heteroatoms. The Labute approximate surface area is 337 Å². The van der Waals surface area contributed by atoms with Crippen molar-refractivity contribution in [1.82, 2.24) is 15.0 Å². The second-order valence-electron chi connectivity index (χ2n) is 15.6. The summed E-state index contributed by atoms with van der Waals surface area (Å²) < 4.78 is 6.58. The van der Waals surface area contributed by atoms with Crippen molar-refractivity contribution >= 4 is 21.9 Å². The van der Waals surface area contributed by atoms with Gasteiger partial charge in [0, 0.05) is 32.9 Å². The average molecular weight is 744 g/mol. The first kappa shape index (κ1) is 33.9. The van der Waals surface area contributed by atoms with E-state index in [0.29, 0.717) is 17.5 Å². The van der Waals surface area contributed by atoms with Crippen molar-refractivity contribution in [2.24, 2.45) is 0 Å². The van der Waals surface area contributed by atoms with Crippen LogP contribution in [0.25, 0.3) is 101 Å². The summed E-state index contributed by atoms with van der Waals surface area (Å²) in [7, 11) is 0. The predicted molar refractivity (Wildman–Crippen MR) is 237 cm³/mol. The third-order valence-corrected chi connectivity index (χ3v) is 11.7. The van der Waals surface area contributed by atoms with Crippen LogP contribution in [-0.4, -0.2) is 15.0 Å². The van der Waals surface area contributed by atoms with E-state index in [1.807, 2.05) is 18.2 Å². The van der Waals surface area contributed by atoms with E-state index in [4.69, 9.17) is 19.4 Å². The molecule has 4 nitrogen and oxygen atoms in total. The first-order valence-electron chi connectivity index (χ1n) is 19.8. The molecule has 0 unspecified atom stereocenters. The van der Waals surface area contributed by atoms with Gasteiger partial charge < -0.3 is 4.42 Å². The van der Waals surface area contributed by atoms with Crippen LogP contribution in [-0.2, 0) is 5.41 Å². The summed E-state index contributed by atoms with van der Waals surface area (Å²) in [4.78, 5) is 15.8. The van der Waals surface area contributed by atoms with Gasteiger partial charge in [0.15, 0.2) is 17.5 Å². The Hall–Kier alpha value is -7.43. The molecule has 0 aliphatic heterocycles. The van der Waals surface area contributed by atoms with Crippen molar-refractivity contribution in [2.75, 3.05) is 0 Å². The minimum absolute atomic E-state index is 0.236. The van der Waals surface area contributed by atoms with Crippen LogP contribution in [0.3, 0.4) is 0 Å². The maximum Gasteiger partial charge on any atom is 0.164 e. The van der Waals surface area contributed by atoms with Crippen LogP contribution in [0.2, 0.25) is 0 Å². The van der Waals surface area contributed by atoms with Gasteiger partial charge in [-0.1, -0.05) is 166 Å². The molecule has 0 spiro atoms. The molecule has 0 saturated heterocycles. The topological polar surface area (TPSA) is 51.8 Å². The fraction of sp³-hybridized carbons (Fsp3) is 0.0556. The largest absolute Gasteiger partial charge is 0.456 e. The van der Waals surface area contributed by atoms with Crippen LogP contribution in [0.4, 0.5) is 0 Å². The predicted octanol–water partition coefficient (Wildman–Crippen LogP) is 14.1. The number of rotatable bonds is 6. The van der Waals surface area contributed by atoms with Crippen molar-refractivity contribution in [3.63, 3.8) is 0 Å². The molecule has 11 rings (SSSR count). The standard InChI is InChI=1S/C54H37N3O/c1-54(2)46-26-13-12-22-42(46)43-24-14-25-45(50(43)54)53-56-51(36-20-10-5-11-21-36)55-52(57-53)40-31-38(34-16-6-3-7-17-34)30-39(32-40)37-28-29-44-48(33-37)58-47-27-15-23-41(49(44)47)35-18-8-4-9-19-35/h3-33H,1-2H3. The van der Waals surface area contributed by atoms with Gasteiger partial charge in [-0.05, 0) is 92.0 Å². The molecule has 0 saturated carbocycles. The van der Waals surface area contributed by atoms with Crippen molar-refractivity contribution in [2.45, 2.75) is 19.3 Å². The summed E-state index contributed by atoms with van der Waals surface area (Å²) in [6, 6.07) is 66.0. The van der Waals surface area contributed by atoms with Gasteiger partial charge in [-0.15, -0.1) is 0 Å². The number of aromatic nitrogens is 3. The van der Waals surface area contributed by atoms with Crippen LogP contribution < -0.4 is 0 Å². The molecule has 0 N–H and O–H groups in total. The molecule has 0 atom stereocenters. The van der Waals surface area contributed by atoms with Crippen molar-refractivity contribution in [3.8, 4) is 78.7 Å². The minimum atomic E-state index is -0.236. The van der Waals surface area contributed by atoms with Crippen molar-refractivity contribution < 1.29 is 4.42 Å². The molecule has 0 amide bonds. The van der Waals surface area contributed by atoms with Gasteiger partial charge in [-0.25, -0.2) is 15.0 Å². The molecule has 274 valence electrons. The van der Waals surface area contributed by atoms with Gasteiger partial charge in [0.1, 0.15) is 11.2 Å². The normalized spacial score (nSPS) is 12.8. The molecule has 58 heavy (non-hydrogen) atoms. The second-order valence-corrected chi connectivity index (χ2v) is 15.6. The van der Waals surface area contributed by atoms with Crippen LogP contribution >= 0.6 is 0 Å². The highest BCUT2D eigenvalue weighted by Gasteiger charge is 2.38. The summed E-state index contributed by atoms with van der Waals surface area (Å²) in [6.07, 6.45) is 0. The van der Waals surface area contributed by atoms with E-state index in [0.717, 1.165) is 66.4 Å². The number of benzene rings is 8. The molecule has 1 aliphatic rings. The van der Waals surface area contributed by atoms with Gasteiger partial charge >= 0.3 is 0 Å². The molecule has 0 radical (unpaired) electrons. The van der Waals surface area contributed by atoms with Gasteiger partial charge in [-0.3, -0.25) is 0 Å². The lowest BCUT2D eigenvalue weighted by Gasteiger charge is -2.24. The molecule has 0 bridgehead atoms. The monoisotopic (exact) mass is 743 g/mol. The van der Waals surface area contributed by atoms with Gasteiger partial charge in [0.05, 0.1) is 0 Å². The SMILES string of the molecule is CC1(C)c2ccccc2-c2cccc(-c3nc(-c4ccccc4)nc(-c4cc(-c5ccccc5)cc(-c5ccc6c(c5)oc5cccc(-c7ccccc7)c56)c4)n3)c21. The smallest absolute Gasteiger partial charge is 0.164 e. The highest BCUT2D eigenvalue weighted by molar-refractivity contribution is 6.13. The molecule has 0 fully saturated rings. The van der Waals surface area contributed by atoms with Crippen LogP contribution in [0.15, 0.2) is 192 Å². The van der Waals surface area contributed by atoms with Gasteiger partial charge in [0.2, 0.25) is 0 Å². The lowest BCUT2D eigenvalue weighted by Crippen LogP contribution is -2.17. The van der Waals surface area contributed by atoms with Gasteiger partial charge in [0.25, 0.3) is 0 Å². The van der Waals surface area contributed by atoms with Crippen molar-refractivity contribution in [3.05, 3.63) is 199 Å². The lowest BCUT2D eigenvalue weighted by atomic mass is 9.80. The Kier molecular flexibility index (Phi) is 7.80. The molecular formula is C54H37N3O. The summed E-state index contributed by atoms with van der Waals surface area (Å²) >= 11 is 0. The zero-order chi connectivity index (χ0) is 38.8. The van der Waals surface area contributed by atoms with Crippen LogP contribution in [0.1, 0.15) is 25.0 Å². The summed E-state index contributed by atoms with van der Waals surface area (Å²) in [5.74, 6) is 1.91. The first-order valence-corrected chi connectivity index (χ1v) is 19.8. The fourth-order valence-electron chi connectivity index (χ4n) is 8.96. The number of nitrogens with zero attached hydrogens (tertiary/aromatic N) is 3. The number of hydrogen-bond donors (Lipinski definition) is 0. The summed E-state index contributed by atoms with van der Waals surface area (Å²) in [6.45, 7) is 4.61. The van der Waals surface area contributed by atoms with E-state index in [2.05, 4.69) is 184 Å². The first-order chi connectivity index (χ1) is 28.5. The average Bonchev–Trinajstić information content (AvgIpc) is 3.78. The maximum absolute atomic E-state index is 6.58. The Morgan fingerprint density at radius 2 is 0.914 bits per heavy atom. The molecule has 10 aromatic rings. The zero-order valence-corrected chi connectivity index (χ0v) is 32.1. The third-order valence-electron chi connectivity index (χ3n) is 11.7. The Morgan fingerprint density at radius 3 is 1.67 bits per heavy atom. The number of hydrogen-bond acceptors (Lipinski definition) is 4. The molecular weight excluding hydrogens is 707 g/mol. The third kappa shape index (κ3) is 5.56. The molecule has 1 aliphatic carbocycles.